The number of hydrogen-bond acceptors (Lipinski definition) is 4. The molecule has 1 heterocycles. The molecule has 33 heavy (non-hydrogen) atoms. The second-order valence-electron chi connectivity index (χ2n) is 9.01. The van der Waals surface area contributed by atoms with Gasteiger partial charge in [-0.3, -0.25) is 9.59 Å². The number of amides is 1. The maximum atomic E-state index is 12.4. The van der Waals surface area contributed by atoms with Gasteiger partial charge in [-0.05, 0) is 18.6 Å². The summed E-state index contributed by atoms with van der Waals surface area (Å²) >= 11 is 0. The van der Waals surface area contributed by atoms with E-state index >= 15 is 0 Å². The van der Waals surface area contributed by atoms with E-state index in [2.05, 4.69) is 17.5 Å². The number of para-hydroxylation sites is 1. The second-order valence-corrected chi connectivity index (χ2v) is 9.01. The number of unbranched alkanes of at least 4 members (excludes halogenated alkanes) is 14. The van der Waals surface area contributed by atoms with Crippen LogP contribution in [0.5, 0.6) is 0 Å². The maximum absolute atomic E-state index is 12.4. The Bertz CT molecular complexity index is 888. The van der Waals surface area contributed by atoms with Crippen molar-refractivity contribution in [3.63, 3.8) is 0 Å². The Balaban J connectivity index is 1.44. The molecule has 0 aliphatic rings. The minimum Gasteiger partial charge on any atom is -0.463 e. The number of nitrogens with one attached hydrogen (secondary N) is 1. The van der Waals surface area contributed by atoms with Crippen LogP contribution < -0.4 is 10.9 Å². The van der Waals surface area contributed by atoms with Crippen LogP contribution in [0, 0.1) is 0 Å². The van der Waals surface area contributed by atoms with Gasteiger partial charge in [-0.25, -0.2) is 5.43 Å². The highest BCUT2D eigenvalue weighted by Crippen LogP contribution is 2.14. The number of hydrogen-bond donors (Lipinski definition) is 1. The molecular weight excluding hydrogens is 412 g/mol. The standard InChI is InChI=1S/C28H42N2O3/c1-2-3-4-5-6-7-8-9-10-11-12-13-14-15-16-21-27(31)30-29-22-24-23-33-26-20-18-17-19-25(26)28(24)32/h17-20,22-23H,2-16,21H2,1H3,(H,30,31)/b29-22+. The van der Waals surface area contributed by atoms with Gasteiger partial charge in [-0.1, -0.05) is 109 Å². The zero-order valence-electron chi connectivity index (χ0n) is 20.4. The van der Waals surface area contributed by atoms with Crippen LogP contribution in [0.25, 0.3) is 11.0 Å². The van der Waals surface area contributed by atoms with Crippen LogP contribution in [0.3, 0.4) is 0 Å². The molecule has 0 saturated carbocycles. The maximum Gasteiger partial charge on any atom is 0.240 e. The molecule has 0 radical (unpaired) electrons. The first kappa shape index (κ1) is 26.8. The van der Waals surface area contributed by atoms with Crippen molar-refractivity contribution in [1.29, 1.82) is 0 Å². The predicted molar refractivity (Wildman–Crippen MR) is 138 cm³/mol. The average molecular weight is 455 g/mol. The highest BCUT2D eigenvalue weighted by molar-refractivity contribution is 5.87. The van der Waals surface area contributed by atoms with Gasteiger partial charge in [0.05, 0.1) is 17.2 Å². The van der Waals surface area contributed by atoms with E-state index in [0.717, 1.165) is 12.8 Å². The number of fused-ring (bicyclic) bond motifs is 1. The fraction of sp³-hybridized carbons (Fsp3) is 0.607. The molecule has 0 saturated heterocycles. The summed E-state index contributed by atoms with van der Waals surface area (Å²) < 4.78 is 5.44. The molecule has 0 bridgehead atoms. The van der Waals surface area contributed by atoms with Crippen molar-refractivity contribution >= 4 is 23.1 Å². The second kappa shape index (κ2) is 17.1. The van der Waals surface area contributed by atoms with E-state index in [0.29, 0.717) is 23.0 Å². The molecule has 1 aromatic carbocycles. The number of hydrazone groups is 1. The Kier molecular flexibility index (Phi) is 13.9. The van der Waals surface area contributed by atoms with E-state index in [1.807, 2.05) is 6.07 Å². The average Bonchev–Trinajstić information content (AvgIpc) is 2.83. The predicted octanol–water partition coefficient (Wildman–Crippen LogP) is 7.50. The van der Waals surface area contributed by atoms with Gasteiger partial charge in [-0.2, -0.15) is 5.10 Å². The van der Waals surface area contributed by atoms with E-state index in [1.165, 1.54) is 95.9 Å². The Morgan fingerprint density at radius 2 is 1.39 bits per heavy atom. The first-order chi connectivity index (χ1) is 16.2. The lowest BCUT2D eigenvalue weighted by Gasteiger charge is -2.03. The summed E-state index contributed by atoms with van der Waals surface area (Å²) in [5.41, 5.74) is 3.21. The van der Waals surface area contributed by atoms with Crippen molar-refractivity contribution < 1.29 is 9.21 Å². The summed E-state index contributed by atoms with van der Waals surface area (Å²) in [6.45, 7) is 2.27. The van der Waals surface area contributed by atoms with E-state index in [4.69, 9.17) is 4.42 Å². The summed E-state index contributed by atoms with van der Waals surface area (Å²) in [6, 6.07) is 7.07. The Morgan fingerprint density at radius 3 is 2.00 bits per heavy atom. The fourth-order valence-electron chi connectivity index (χ4n) is 4.07. The van der Waals surface area contributed by atoms with Crippen LogP contribution in [0.2, 0.25) is 0 Å². The quantitative estimate of drug-likeness (QED) is 0.144. The number of nitrogens with zero attached hydrogens (tertiary/aromatic N) is 1. The molecule has 1 aromatic heterocycles. The zero-order valence-corrected chi connectivity index (χ0v) is 20.4. The van der Waals surface area contributed by atoms with Crippen LogP contribution in [0.4, 0.5) is 0 Å². The minimum atomic E-state index is -0.155. The van der Waals surface area contributed by atoms with Crippen molar-refractivity contribution in [2.75, 3.05) is 0 Å². The van der Waals surface area contributed by atoms with Gasteiger partial charge in [0.15, 0.2) is 0 Å². The van der Waals surface area contributed by atoms with Gasteiger partial charge < -0.3 is 4.42 Å². The fourth-order valence-corrected chi connectivity index (χ4v) is 4.07. The Morgan fingerprint density at radius 1 is 0.848 bits per heavy atom. The lowest BCUT2D eigenvalue weighted by Crippen LogP contribution is -2.18. The number of rotatable bonds is 18. The summed E-state index contributed by atoms with van der Waals surface area (Å²) in [6.07, 6.45) is 22.7. The van der Waals surface area contributed by atoms with Crippen LogP contribution in [-0.4, -0.2) is 12.1 Å². The lowest BCUT2D eigenvalue weighted by atomic mass is 10.0. The Hall–Kier alpha value is -2.43. The minimum absolute atomic E-state index is 0.119. The summed E-state index contributed by atoms with van der Waals surface area (Å²) in [4.78, 5) is 24.3. The van der Waals surface area contributed by atoms with Crippen LogP contribution in [-0.2, 0) is 4.79 Å². The van der Waals surface area contributed by atoms with Gasteiger partial charge in [0.25, 0.3) is 0 Å². The van der Waals surface area contributed by atoms with E-state index < -0.39 is 0 Å². The van der Waals surface area contributed by atoms with Crippen molar-refractivity contribution in [2.45, 2.75) is 110 Å². The van der Waals surface area contributed by atoms with E-state index in [-0.39, 0.29) is 11.3 Å². The topological polar surface area (TPSA) is 71.7 Å². The van der Waals surface area contributed by atoms with Crippen LogP contribution >= 0.6 is 0 Å². The van der Waals surface area contributed by atoms with Crippen LogP contribution in [0.15, 0.2) is 44.8 Å². The van der Waals surface area contributed by atoms with Crippen LogP contribution in [0.1, 0.15) is 115 Å². The molecule has 0 aliphatic carbocycles. The third-order valence-corrected chi connectivity index (χ3v) is 6.11. The van der Waals surface area contributed by atoms with E-state index in [1.54, 1.807) is 18.2 Å². The number of benzene rings is 1. The van der Waals surface area contributed by atoms with Gasteiger partial charge in [-0.15, -0.1) is 0 Å². The third-order valence-electron chi connectivity index (χ3n) is 6.11. The van der Waals surface area contributed by atoms with Crippen molar-refractivity contribution in [3.8, 4) is 0 Å². The van der Waals surface area contributed by atoms with Crippen molar-refractivity contribution in [3.05, 3.63) is 46.3 Å². The summed E-state index contributed by atoms with van der Waals surface area (Å²) in [5, 5.41) is 4.42. The molecule has 5 nitrogen and oxygen atoms in total. The molecule has 2 aromatic rings. The summed E-state index contributed by atoms with van der Waals surface area (Å²) in [5.74, 6) is -0.119. The van der Waals surface area contributed by atoms with Gasteiger partial charge in [0, 0.05) is 6.42 Å². The molecule has 0 aliphatic heterocycles. The van der Waals surface area contributed by atoms with Gasteiger partial charge in [0.1, 0.15) is 11.8 Å². The zero-order chi connectivity index (χ0) is 23.6. The molecule has 0 unspecified atom stereocenters. The van der Waals surface area contributed by atoms with Crippen molar-refractivity contribution in [1.82, 2.24) is 5.43 Å². The number of carbonyl (C=O) groups excluding carboxylic acids is 1. The molecule has 0 fully saturated rings. The SMILES string of the molecule is CCCCCCCCCCCCCCCCCC(=O)N/N=C/c1coc2ccccc2c1=O. The third kappa shape index (κ3) is 11.3. The largest absolute Gasteiger partial charge is 0.463 e. The molecule has 5 heteroatoms. The smallest absolute Gasteiger partial charge is 0.240 e. The molecule has 0 spiro atoms. The highest BCUT2D eigenvalue weighted by atomic mass is 16.3. The molecule has 1 amide bonds. The van der Waals surface area contributed by atoms with Gasteiger partial charge >= 0.3 is 0 Å². The first-order valence-corrected chi connectivity index (χ1v) is 13.0. The Labute approximate surface area is 199 Å². The molecule has 1 N–H and O–H groups in total. The molecule has 0 atom stereocenters. The number of carbonyl (C=O) groups is 1. The molecular formula is C28H42N2O3. The highest BCUT2D eigenvalue weighted by Gasteiger charge is 2.05. The molecule has 182 valence electrons. The lowest BCUT2D eigenvalue weighted by molar-refractivity contribution is -0.121. The summed E-state index contributed by atoms with van der Waals surface area (Å²) in [7, 11) is 0. The normalized spacial score (nSPS) is 11.4. The first-order valence-electron chi connectivity index (χ1n) is 13.0. The van der Waals surface area contributed by atoms with Crippen molar-refractivity contribution in [2.24, 2.45) is 5.10 Å². The van der Waals surface area contributed by atoms with E-state index in [9.17, 15) is 9.59 Å². The molecule has 2 rings (SSSR count). The monoisotopic (exact) mass is 454 g/mol. The van der Waals surface area contributed by atoms with Gasteiger partial charge in [0.2, 0.25) is 11.3 Å².